The molecule has 0 fully saturated rings. The summed E-state index contributed by atoms with van der Waals surface area (Å²) in [6.07, 6.45) is -2.87. The summed E-state index contributed by atoms with van der Waals surface area (Å²) in [6.45, 7) is 1.87. The van der Waals surface area contributed by atoms with Gasteiger partial charge in [0.15, 0.2) is 10.4 Å². The number of para-hydroxylation sites is 1. The van der Waals surface area contributed by atoms with Crippen LogP contribution in [0.2, 0.25) is 0 Å². The van der Waals surface area contributed by atoms with Gasteiger partial charge in [0.2, 0.25) is 0 Å². The van der Waals surface area contributed by atoms with Crippen LogP contribution in [0.25, 0.3) is 28.0 Å². The zero-order valence-electron chi connectivity index (χ0n) is 16.1. The maximum atomic E-state index is 14.0. The zero-order chi connectivity index (χ0) is 21.4. The van der Waals surface area contributed by atoms with Crippen molar-refractivity contribution in [1.82, 2.24) is 14.5 Å². The molecule has 4 aromatic rings. The Bertz CT molecular complexity index is 1380. The van der Waals surface area contributed by atoms with E-state index in [1.165, 1.54) is 17.7 Å². The van der Waals surface area contributed by atoms with Gasteiger partial charge in [-0.15, -0.1) is 0 Å². The summed E-state index contributed by atoms with van der Waals surface area (Å²) >= 11 is 5.38. The van der Waals surface area contributed by atoms with E-state index in [1.807, 2.05) is 19.1 Å². The van der Waals surface area contributed by atoms with Gasteiger partial charge in [0.1, 0.15) is 5.75 Å². The Morgan fingerprint density at radius 3 is 2.60 bits per heavy atom. The highest BCUT2D eigenvalue weighted by Crippen LogP contribution is 2.32. The first kappa shape index (κ1) is 19.9. The van der Waals surface area contributed by atoms with Crippen molar-refractivity contribution in [2.45, 2.75) is 13.3 Å². The Balaban J connectivity index is 2.16. The first-order valence-electron chi connectivity index (χ1n) is 9.09. The predicted octanol–water partition coefficient (Wildman–Crippen LogP) is 5.36. The Morgan fingerprint density at radius 2 is 1.90 bits per heavy atom. The van der Waals surface area contributed by atoms with Crippen LogP contribution < -0.4 is 10.3 Å². The van der Waals surface area contributed by atoms with Crippen LogP contribution in [-0.4, -0.2) is 21.6 Å². The van der Waals surface area contributed by atoms with Gasteiger partial charge >= 0.3 is 0 Å². The van der Waals surface area contributed by atoms with Crippen molar-refractivity contribution in [3.63, 3.8) is 0 Å². The van der Waals surface area contributed by atoms with Crippen LogP contribution in [0, 0.1) is 11.7 Å². The second-order valence-electron chi connectivity index (χ2n) is 6.71. The fourth-order valence-corrected chi connectivity index (χ4v) is 3.67. The molecular formula is C22H17F2N3O2S. The molecule has 5 nitrogen and oxygen atoms in total. The maximum Gasteiger partial charge on any atom is 0.264 e. The minimum Gasteiger partial charge on any atom is -0.497 e. The summed E-state index contributed by atoms with van der Waals surface area (Å²) < 4.78 is 34.8. The van der Waals surface area contributed by atoms with Gasteiger partial charge in [0.25, 0.3) is 12.0 Å². The van der Waals surface area contributed by atoms with Gasteiger partial charge in [0.05, 0.1) is 23.9 Å². The van der Waals surface area contributed by atoms with Crippen molar-refractivity contribution in [3.8, 4) is 22.7 Å². The summed E-state index contributed by atoms with van der Waals surface area (Å²) in [5.74, 6) is 0.564. The van der Waals surface area contributed by atoms with E-state index >= 15 is 0 Å². The van der Waals surface area contributed by atoms with Gasteiger partial charge in [-0.3, -0.25) is 14.3 Å². The Morgan fingerprint density at radius 1 is 1.13 bits per heavy atom. The number of alkyl halides is 2. The number of nitrogens with one attached hydrogen (secondary N) is 1. The number of nitrogens with zero attached hydrogens (tertiary/aromatic N) is 2. The number of H-pyrrole nitrogens is 1. The zero-order valence-corrected chi connectivity index (χ0v) is 17.0. The van der Waals surface area contributed by atoms with Crippen LogP contribution in [0.15, 0.2) is 59.4 Å². The topological polar surface area (TPSA) is 59.9 Å². The van der Waals surface area contributed by atoms with Gasteiger partial charge in [0, 0.05) is 11.1 Å². The Labute approximate surface area is 175 Å². The highest BCUT2D eigenvalue weighted by molar-refractivity contribution is 7.71. The summed E-state index contributed by atoms with van der Waals surface area (Å²) in [7, 11) is 1.52. The van der Waals surface area contributed by atoms with Crippen molar-refractivity contribution in [2.24, 2.45) is 0 Å². The smallest absolute Gasteiger partial charge is 0.264 e. The molecule has 0 spiro atoms. The van der Waals surface area contributed by atoms with Gasteiger partial charge in [-0.25, -0.2) is 13.8 Å². The van der Waals surface area contributed by atoms with Crippen molar-refractivity contribution >= 4 is 23.3 Å². The molecule has 0 radical (unpaired) electrons. The highest BCUT2D eigenvalue weighted by atomic mass is 32.1. The van der Waals surface area contributed by atoms with Crippen molar-refractivity contribution in [3.05, 3.63) is 80.8 Å². The molecule has 152 valence electrons. The Hall–Kier alpha value is -3.39. The van der Waals surface area contributed by atoms with E-state index in [0.29, 0.717) is 22.7 Å². The summed E-state index contributed by atoms with van der Waals surface area (Å²) in [5, 5.41) is -0.187. The molecule has 0 amide bonds. The van der Waals surface area contributed by atoms with Crippen molar-refractivity contribution < 1.29 is 13.5 Å². The SMILES string of the molecule is COc1cccc(-c2cc(C(F)F)c3c(=O)[nH]c(=S)n(-c4ccccc4C)c3n2)c1. The predicted molar refractivity (Wildman–Crippen MR) is 114 cm³/mol. The van der Waals surface area contributed by atoms with Crippen LogP contribution in [0.1, 0.15) is 17.6 Å². The molecule has 2 heterocycles. The molecule has 0 atom stereocenters. The monoisotopic (exact) mass is 425 g/mol. The number of rotatable bonds is 4. The third-order valence-electron chi connectivity index (χ3n) is 4.85. The number of halogens is 2. The van der Waals surface area contributed by atoms with Crippen molar-refractivity contribution in [1.29, 1.82) is 0 Å². The van der Waals surface area contributed by atoms with Crippen LogP contribution in [0.3, 0.4) is 0 Å². The van der Waals surface area contributed by atoms with Crippen LogP contribution in [0.5, 0.6) is 5.75 Å². The lowest BCUT2D eigenvalue weighted by molar-refractivity contribution is 0.153. The molecule has 0 unspecified atom stereocenters. The number of aromatic nitrogens is 3. The van der Waals surface area contributed by atoms with Crippen molar-refractivity contribution in [2.75, 3.05) is 7.11 Å². The number of hydrogen-bond acceptors (Lipinski definition) is 4. The lowest BCUT2D eigenvalue weighted by Crippen LogP contribution is -2.17. The first-order chi connectivity index (χ1) is 14.4. The molecule has 0 bridgehead atoms. The summed E-state index contributed by atoms with van der Waals surface area (Å²) in [4.78, 5) is 19.7. The molecule has 2 aromatic carbocycles. The molecule has 0 aliphatic heterocycles. The molecule has 1 N–H and O–H groups in total. The largest absolute Gasteiger partial charge is 0.497 e. The van der Waals surface area contributed by atoms with Gasteiger partial charge in [-0.1, -0.05) is 30.3 Å². The van der Waals surface area contributed by atoms with E-state index in [-0.39, 0.29) is 15.8 Å². The number of benzene rings is 2. The number of ether oxygens (including phenoxy) is 1. The van der Waals surface area contributed by atoms with E-state index in [4.69, 9.17) is 17.0 Å². The number of pyridine rings is 1. The number of hydrogen-bond donors (Lipinski definition) is 1. The third-order valence-corrected chi connectivity index (χ3v) is 5.13. The van der Waals surface area contributed by atoms with Gasteiger partial charge in [-0.05, 0) is 49.0 Å². The lowest BCUT2D eigenvalue weighted by atomic mass is 10.1. The van der Waals surface area contributed by atoms with Crippen LogP contribution in [-0.2, 0) is 0 Å². The van der Waals surface area contributed by atoms with Crippen LogP contribution >= 0.6 is 12.2 Å². The fraction of sp³-hybridized carbons (Fsp3) is 0.136. The quantitative estimate of drug-likeness (QED) is 0.447. The van der Waals surface area contributed by atoms with E-state index in [9.17, 15) is 13.6 Å². The second kappa shape index (κ2) is 7.79. The van der Waals surface area contributed by atoms with Crippen LogP contribution in [0.4, 0.5) is 8.78 Å². The minimum atomic E-state index is -2.87. The number of aryl methyl sites for hydroxylation is 1. The number of fused-ring (bicyclic) bond motifs is 1. The summed E-state index contributed by atoms with van der Waals surface area (Å²) in [5.41, 5.74) is 1.36. The molecule has 30 heavy (non-hydrogen) atoms. The molecule has 2 aromatic heterocycles. The number of methoxy groups -OCH3 is 1. The lowest BCUT2D eigenvalue weighted by Gasteiger charge is -2.16. The average Bonchev–Trinajstić information content (AvgIpc) is 2.74. The second-order valence-corrected chi connectivity index (χ2v) is 7.10. The molecule has 0 saturated heterocycles. The maximum absolute atomic E-state index is 14.0. The molecular weight excluding hydrogens is 408 g/mol. The summed E-state index contributed by atoms with van der Waals surface area (Å²) in [6, 6.07) is 15.5. The first-order valence-corrected chi connectivity index (χ1v) is 9.50. The van der Waals surface area contributed by atoms with E-state index in [1.54, 1.807) is 36.4 Å². The van der Waals surface area contributed by atoms with Gasteiger partial charge < -0.3 is 4.74 Å². The molecule has 0 aliphatic rings. The molecule has 8 heteroatoms. The number of aromatic amines is 1. The average molecular weight is 425 g/mol. The van der Waals surface area contributed by atoms with Gasteiger partial charge in [-0.2, -0.15) is 0 Å². The third kappa shape index (κ3) is 3.39. The van der Waals surface area contributed by atoms with E-state index in [2.05, 4.69) is 9.97 Å². The highest BCUT2D eigenvalue weighted by Gasteiger charge is 2.21. The Kier molecular flexibility index (Phi) is 5.17. The van der Waals surface area contributed by atoms with E-state index < -0.39 is 17.5 Å². The van der Waals surface area contributed by atoms with E-state index in [0.717, 1.165) is 5.56 Å². The molecule has 4 rings (SSSR count). The fourth-order valence-electron chi connectivity index (χ4n) is 3.40. The standard InChI is InChI=1S/C22H17F2N3O2S/c1-12-6-3-4-9-17(12)27-20-18(21(28)26-22(27)30)15(19(23)24)11-16(25-20)13-7-5-8-14(10-13)29-2/h3-11,19H,1-2H3,(H,26,28,30). The normalized spacial score (nSPS) is 11.2. The molecule has 0 saturated carbocycles. The minimum absolute atomic E-state index is 0.0775. The molecule has 0 aliphatic carbocycles.